The van der Waals surface area contributed by atoms with Crippen LogP contribution in [0.4, 0.5) is 0 Å². The van der Waals surface area contributed by atoms with E-state index >= 15 is 0 Å². The number of carbonyl (C=O) groups excluding carboxylic acids is 2. The zero-order chi connectivity index (χ0) is 26.4. The van der Waals surface area contributed by atoms with Crippen molar-refractivity contribution in [2.45, 2.75) is 121 Å². The number of allylic oxidation sites excluding steroid dienone is 7. The molecule has 3 unspecified atom stereocenters. The molecule has 2 fully saturated rings. The summed E-state index contributed by atoms with van der Waals surface area (Å²) in [6.45, 7) is 0.710. The molecular weight excluding hydrogens is 468 g/mol. The van der Waals surface area contributed by atoms with E-state index < -0.39 is 0 Å². The Kier molecular flexibility index (Phi) is 12.1. The van der Waals surface area contributed by atoms with Gasteiger partial charge in [-0.2, -0.15) is 0 Å². The van der Waals surface area contributed by atoms with Gasteiger partial charge < -0.3 is 5.32 Å². The van der Waals surface area contributed by atoms with Gasteiger partial charge in [-0.3, -0.25) is 14.9 Å². The molecule has 2 bridgehead atoms. The third-order valence-electron chi connectivity index (χ3n) is 8.94. The first-order valence-corrected chi connectivity index (χ1v) is 15.7. The summed E-state index contributed by atoms with van der Waals surface area (Å²) in [6.07, 6.45) is 37.5. The highest BCUT2D eigenvalue weighted by molar-refractivity contribution is 5.93. The lowest BCUT2D eigenvalue weighted by atomic mass is 9.80. The van der Waals surface area contributed by atoms with Crippen molar-refractivity contribution in [3.8, 4) is 0 Å². The van der Waals surface area contributed by atoms with E-state index in [1.165, 1.54) is 82.6 Å². The lowest BCUT2D eigenvalue weighted by Crippen LogP contribution is -2.34. The van der Waals surface area contributed by atoms with Crippen LogP contribution in [0.15, 0.2) is 59.8 Å². The van der Waals surface area contributed by atoms with E-state index in [0.29, 0.717) is 18.7 Å². The van der Waals surface area contributed by atoms with Gasteiger partial charge in [-0.1, -0.05) is 126 Å². The van der Waals surface area contributed by atoms with E-state index in [4.69, 9.17) is 0 Å². The molecule has 1 saturated carbocycles. The van der Waals surface area contributed by atoms with Crippen molar-refractivity contribution in [3.63, 3.8) is 0 Å². The normalized spacial score (nSPS) is 25.8. The van der Waals surface area contributed by atoms with Crippen LogP contribution >= 0.6 is 0 Å². The van der Waals surface area contributed by atoms with Gasteiger partial charge in [0.1, 0.15) is 0 Å². The molecule has 4 nitrogen and oxygen atoms in total. The molecule has 0 aromatic carbocycles. The zero-order valence-corrected chi connectivity index (χ0v) is 23.5. The molecule has 4 aliphatic rings. The number of hydrogen-bond acceptors (Lipinski definition) is 3. The summed E-state index contributed by atoms with van der Waals surface area (Å²) in [5.41, 5.74) is 2.28. The van der Waals surface area contributed by atoms with Gasteiger partial charge >= 0.3 is 0 Å². The van der Waals surface area contributed by atoms with Crippen molar-refractivity contribution in [1.82, 2.24) is 10.6 Å². The summed E-state index contributed by atoms with van der Waals surface area (Å²) < 4.78 is 0. The molecule has 1 heterocycles. The summed E-state index contributed by atoms with van der Waals surface area (Å²) in [6, 6.07) is -0.0335. The number of rotatable bonds is 12. The van der Waals surface area contributed by atoms with Crippen molar-refractivity contribution in [3.05, 3.63) is 59.8 Å². The third kappa shape index (κ3) is 8.93. The molecule has 0 aromatic heterocycles. The van der Waals surface area contributed by atoms with Crippen LogP contribution in [0.3, 0.4) is 0 Å². The van der Waals surface area contributed by atoms with Gasteiger partial charge in [0.25, 0.3) is 0 Å². The molecule has 38 heavy (non-hydrogen) atoms. The van der Waals surface area contributed by atoms with Gasteiger partial charge in [-0.25, -0.2) is 0 Å². The molecule has 4 rings (SSSR count). The Labute approximate surface area is 231 Å². The zero-order valence-electron chi connectivity index (χ0n) is 23.5. The van der Waals surface area contributed by atoms with Crippen molar-refractivity contribution in [1.29, 1.82) is 0 Å². The molecule has 2 N–H and O–H groups in total. The molecule has 3 aliphatic carbocycles. The molecule has 0 spiro atoms. The molecule has 1 amide bonds. The Morgan fingerprint density at radius 3 is 2.21 bits per heavy atom. The van der Waals surface area contributed by atoms with E-state index in [9.17, 15) is 9.59 Å². The highest BCUT2D eigenvalue weighted by Crippen LogP contribution is 2.36. The minimum absolute atomic E-state index is 0.0702. The predicted octanol–water partition coefficient (Wildman–Crippen LogP) is 7.44. The van der Waals surface area contributed by atoms with Gasteiger partial charge in [0.15, 0.2) is 5.78 Å². The van der Waals surface area contributed by atoms with Crippen LogP contribution in [0.1, 0.15) is 109 Å². The number of hydrogen-bond donors (Lipinski definition) is 2. The van der Waals surface area contributed by atoms with Gasteiger partial charge in [0, 0.05) is 19.0 Å². The fourth-order valence-electron chi connectivity index (χ4n) is 6.69. The average molecular weight is 519 g/mol. The maximum Gasteiger partial charge on any atom is 0.219 e. The summed E-state index contributed by atoms with van der Waals surface area (Å²) in [7, 11) is 0. The number of unbranched alkanes of at least 4 members (excludes halogenated alkanes) is 4. The maximum absolute atomic E-state index is 13.2. The molecular formula is C34H50N2O2. The lowest BCUT2D eigenvalue weighted by Gasteiger charge is -2.25. The van der Waals surface area contributed by atoms with Crippen molar-refractivity contribution in [2.75, 3.05) is 6.54 Å². The standard InChI is InChI=1S/C34H50N2O2/c37-31(23-14-8-5-11-19-27-17-9-3-1-2-4-10-18-27)35-26-16-15-22-30-34(38)32-28-20-12-6-7-13-21-29(25-24-28)33(32)36-30/h6-7,12-13,20-21,24-25,27,30,32-33,36H,1-5,8-11,14-19,22-23,26H2,(H,35,37). The van der Waals surface area contributed by atoms with Crippen molar-refractivity contribution in [2.24, 2.45) is 11.8 Å². The van der Waals surface area contributed by atoms with Gasteiger partial charge in [-0.15, -0.1) is 0 Å². The quantitative estimate of drug-likeness (QED) is 0.264. The smallest absolute Gasteiger partial charge is 0.219 e. The monoisotopic (exact) mass is 518 g/mol. The topological polar surface area (TPSA) is 58.2 Å². The van der Waals surface area contributed by atoms with Gasteiger partial charge in [0.05, 0.1) is 12.0 Å². The Bertz CT molecular complexity index is 915. The molecule has 1 saturated heterocycles. The summed E-state index contributed by atoms with van der Waals surface area (Å²) in [4.78, 5) is 25.5. The molecule has 1 aliphatic heterocycles. The van der Waals surface area contributed by atoms with Crippen molar-refractivity contribution >= 4 is 11.7 Å². The van der Waals surface area contributed by atoms with Crippen molar-refractivity contribution < 1.29 is 9.59 Å². The highest BCUT2D eigenvalue weighted by Gasteiger charge is 2.44. The Morgan fingerprint density at radius 1 is 0.763 bits per heavy atom. The van der Waals surface area contributed by atoms with E-state index in [0.717, 1.165) is 37.2 Å². The Hall–Kier alpha value is -2.20. The maximum atomic E-state index is 13.2. The van der Waals surface area contributed by atoms with E-state index in [1.54, 1.807) is 0 Å². The SMILES string of the molecule is O=C(CCCCCCC1CCCCCCCC1)NCCCCC1NC2c3ccccccc(cc3)C2C1=O. The fourth-order valence-corrected chi connectivity index (χ4v) is 6.69. The molecule has 0 radical (unpaired) electrons. The summed E-state index contributed by atoms with van der Waals surface area (Å²) in [5.74, 6) is 1.36. The van der Waals surface area contributed by atoms with Crippen LogP contribution < -0.4 is 10.6 Å². The average Bonchev–Trinajstić information content (AvgIpc) is 3.32. The fraction of sp³-hybridized carbons (Fsp3) is 0.647. The predicted molar refractivity (Wildman–Crippen MR) is 158 cm³/mol. The first-order chi connectivity index (χ1) is 18.7. The minimum atomic E-state index is -0.104. The molecule has 208 valence electrons. The van der Waals surface area contributed by atoms with E-state index in [2.05, 4.69) is 34.9 Å². The number of amides is 1. The number of Topliss-reactive ketones (excluding diaryl/α,β-unsaturated/α-hetero) is 1. The Balaban J connectivity index is 1.05. The van der Waals surface area contributed by atoms with Crippen LogP contribution in [-0.2, 0) is 9.59 Å². The number of ketones is 1. The third-order valence-corrected chi connectivity index (χ3v) is 8.94. The van der Waals surface area contributed by atoms with Crippen LogP contribution in [0.5, 0.6) is 0 Å². The lowest BCUT2D eigenvalue weighted by molar-refractivity contribution is -0.122. The summed E-state index contributed by atoms with van der Waals surface area (Å²) >= 11 is 0. The molecule has 0 aromatic rings. The van der Waals surface area contributed by atoms with Gasteiger partial charge in [0.2, 0.25) is 5.91 Å². The van der Waals surface area contributed by atoms with Crippen LogP contribution in [-0.4, -0.2) is 30.3 Å². The van der Waals surface area contributed by atoms with Crippen LogP contribution in [0, 0.1) is 11.8 Å². The Morgan fingerprint density at radius 2 is 1.42 bits per heavy atom. The second-order valence-electron chi connectivity index (χ2n) is 11.9. The minimum Gasteiger partial charge on any atom is -0.356 e. The van der Waals surface area contributed by atoms with Crippen LogP contribution in [0.2, 0.25) is 0 Å². The molecule has 3 atom stereocenters. The van der Waals surface area contributed by atoms with E-state index in [-0.39, 0.29) is 23.9 Å². The van der Waals surface area contributed by atoms with Gasteiger partial charge in [-0.05, 0) is 42.7 Å². The molecule has 4 heteroatoms. The highest BCUT2D eigenvalue weighted by atomic mass is 16.1. The summed E-state index contributed by atoms with van der Waals surface area (Å²) in [5, 5.41) is 6.71. The number of carbonyl (C=O) groups is 2. The first kappa shape index (κ1) is 28.8. The largest absolute Gasteiger partial charge is 0.356 e. The van der Waals surface area contributed by atoms with E-state index in [1.807, 2.05) is 24.3 Å². The van der Waals surface area contributed by atoms with Crippen LogP contribution in [0.25, 0.3) is 0 Å². The second-order valence-corrected chi connectivity index (χ2v) is 11.9. The second kappa shape index (κ2) is 16.0. The number of nitrogens with one attached hydrogen (secondary N) is 2. The first-order valence-electron chi connectivity index (χ1n) is 15.7.